The van der Waals surface area contributed by atoms with Crippen LogP contribution in [0.5, 0.6) is 5.75 Å². The van der Waals surface area contributed by atoms with Crippen molar-refractivity contribution in [2.24, 2.45) is 0 Å². The molecular weight excluding hydrogens is 368 g/mol. The first kappa shape index (κ1) is 19.6. The minimum Gasteiger partial charge on any atom is -0.467 e. The van der Waals surface area contributed by atoms with E-state index in [1.54, 1.807) is 54.6 Å². The lowest BCUT2D eigenvalue weighted by atomic mass is 10.1. The SMILES string of the molecule is Cc1cccc(C(=O)Oc2ccc(/C=C(\C#N)C(=O)NCc3ccco3)cc2)c1. The summed E-state index contributed by atoms with van der Waals surface area (Å²) in [5, 5.41) is 11.9. The molecule has 0 atom stereocenters. The number of nitriles is 1. The van der Waals surface area contributed by atoms with Gasteiger partial charge in [0, 0.05) is 0 Å². The molecule has 6 nitrogen and oxygen atoms in total. The number of rotatable bonds is 6. The molecule has 0 saturated heterocycles. The van der Waals surface area contributed by atoms with E-state index in [0.717, 1.165) is 5.56 Å². The summed E-state index contributed by atoms with van der Waals surface area (Å²) in [5.74, 6) is 0.00992. The second kappa shape index (κ2) is 9.20. The maximum atomic E-state index is 12.2. The van der Waals surface area contributed by atoms with Crippen LogP contribution in [0.4, 0.5) is 0 Å². The molecule has 6 heteroatoms. The van der Waals surface area contributed by atoms with E-state index in [1.165, 1.54) is 12.3 Å². The number of esters is 1. The van der Waals surface area contributed by atoms with Gasteiger partial charge >= 0.3 is 5.97 Å². The van der Waals surface area contributed by atoms with Crippen LogP contribution in [0.15, 0.2) is 76.9 Å². The molecule has 1 aromatic heterocycles. The molecule has 1 amide bonds. The van der Waals surface area contributed by atoms with Crippen molar-refractivity contribution < 1.29 is 18.7 Å². The molecule has 0 aliphatic carbocycles. The van der Waals surface area contributed by atoms with E-state index in [4.69, 9.17) is 9.15 Å². The Kier molecular flexibility index (Phi) is 6.23. The van der Waals surface area contributed by atoms with Crippen LogP contribution in [-0.4, -0.2) is 11.9 Å². The summed E-state index contributed by atoms with van der Waals surface area (Å²) in [4.78, 5) is 24.4. The van der Waals surface area contributed by atoms with Gasteiger partial charge in [0.2, 0.25) is 0 Å². The number of aryl methyl sites for hydroxylation is 1. The number of benzene rings is 2. The first-order valence-corrected chi connectivity index (χ1v) is 8.86. The molecule has 0 unspecified atom stereocenters. The number of nitrogens with one attached hydrogen (secondary N) is 1. The van der Waals surface area contributed by atoms with Crippen LogP contribution in [0, 0.1) is 18.3 Å². The van der Waals surface area contributed by atoms with E-state index in [1.807, 2.05) is 19.1 Å². The van der Waals surface area contributed by atoms with Crippen molar-refractivity contribution in [2.45, 2.75) is 13.5 Å². The van der Waals surface area contributed by atoms with Crippen molar-refractivity contribution in [3.8, 4) is 11.8 Å². The number of carbonyl (C=O) groups excluding carboxylic acids is 2. The molecule has 144 valence electrons. The minimum absolute atomic E-state index is 0.0407. The number of amides is 1. The van der Waals surface area contributed by atoms with Crippen molar-refractivity contribution in [3.05, 3.63) is 95.0 Å². The first-order chi connectivity index (χ1) is 14.0. The Morgan fingerprint density at radius 2 is 1.93 bits per heavy atom. The molecule has 0 aliphatic rings. The second-order valence-corrected chi connectivity index (χ2v) is 6.26. The molecular formula is C23H18N2O4. The first-order valence-electron chi connectivity index (χ1n) is 8.86. The van der Waals surface area contributed by atoms with Crippen molar-refractivity contribution in [3.63, 3.8) is 0 Å². The third-order valence-electron chi connectivity index (χ3n) is 4.02. The van der Waals surface area contributed by atoms with Crippen LogP contribution < -0.4 is 10.1 Å². The molecule has 3 rings (SSSR count). The molecule has 0 fully saturated rings. The van der Waals surface area contributed by atoms with Gasteiger partial charge in [0.25, 0.3) is 5.91 Å². The van der Waals surface area contributed by atoms with Gasteiger partial charge < -0.3 is 14.5 Å². The molecule has 29 heavy (non-hydrogen) atoms. The molecule has 1 N–H and O–H groups in total. The standard InChI is InChI=1S/C23H18N2O4/c1-16-4-2-5-18(12-16)23(27)29-20-9-7-17(8-10-20)13-19(14-24)22(26)25-15-21-6-3-11-28-21/h2-13H,15H2,1H3,(H,25,26)/b19-13+. The Bertz CT molecular complexity index is 1070. The van der Waals surface area contributed by atoms with E-state index in [-0.39, 0.29) is 12.1 Å². The Morgan fingerprint density at radius 1 is 1.14 bits per heavy atom. The topological polar surface area (TPSA) is 92.3 Å². The van der Waals surface area contributed by atoms with Crippen molar-refractivity contribution in [1.29, 1.82) is 5.26 Å². The maximum Gasteiger partial charge on any atom is 0.343 e. The number of furan rings is 1. The average Bonchev–Trinajstić information content (AvgIpc) is 3.25. The monoisotopic (exact) mass is 386 g/mol. The van der Waals surface area contributed by atoms with Gasteiger partial charge in [0.05, 0.1) is 18.4 Å². The van der Waals surface area contributed by atoms with Crippen LogP contribution in [0.2, 0.25) is 0 Å². The summed E-state index contributed by atoms with van der Waals surface area (Å²) < 4.78 is 10.5. The summed E-state index contributed by atoms with van der Waals surface area (Å²) in [6.07, 6.45) is 2.97. The zero-order chi connectivity index (χ0) is 20.6. The number of hydrogen-bond acceptors (Lipinski definition) is 5. The molecule has 2 aromatic carbocycles. The fourth-order valence-corrected chi connectivity index (χ4v) is 2.56. The molecule has 0 bridgehead atoms. The highest BCUT2D eigenvalue weighted by atomic mass is 16.5. The van der Waals surface area contributed by atoms with E-state index in [0.29, 0.717) is 22.6 Å². The quantitative estimate of drug-likeness (QED) is 0.299. The van der Waals surface area contributed by atoms with Gasteiger partial charge in [0.1, 0.15) is 23.2 Å². The van der Waals surface area contributed by atoms with Crippen LogP contribution in [0.3, 0.4) is 0 Å². The summed E-state index contributed by atoms with van der Waals surface area (Å²) in [6, 6.07) is 19.0. The van der Waals surface area contributed by atoms with Gasteiger partial charge in [-0.05, 0) is 55.0 Å². The highest BCUT2D eigenvalue weighted by Crippen LogP contribution is 2.17. The van der Waals surface area contributed by atoms with E-state index in [9.17, 15) is 14.9 Å². The molecule has 0 aliphatic heterocycles. The third kappa shape index (κ3) is 5.44. The number of hydrogen-bond donors (Lipinski definition) is 1. The Labute approximate surface area is 168 Å². The third-order valence-corrected chi connectivity index (χ3v) is 4.02. The van der Waals surface area contributed by atoms with Crippen LogP contribution in [0.25, 0.3) is 6.08 Å². The average molecular weight is 386 g/mol. The van der Waals surface area contributed by atoms with E-state index >= 15 is 0 Å². The summed E-state index contributed by atoms with van der Waals surface area (Å²) in [5.41, 5.74) is 2.02. The minimum atomic E-state index is -0.501. The molecule has 0 spiro atoms. The number of nitrogens with zero attached hydrogens (tertiary/aromatic N) is 1. The lowest BCUT2D eigenvalue weighted by Crippen LogP contribution is -2.23. The van der Waals surface area contributed by atoms with E-state index < -0.39 is 11.9 Å². The van der Waals surface area contributed by atoms with Crippen LogP contribution >= 0.6 is 0 Å². The zero-order valence-corrected chi connectivity index (χ0v) is 15.7. The summed E-state index contributed by atoms with van der Waals surface area (Å²) in [7, 11) is 0. The predicted molar refractivity (Wildman–Crippen MR) is 107 cm³/mol. The van der Waals surface area contributed by atoms with Gasteiger partial charge in [-0.25, -0.2) is 4.79 Å². The van der Waals surface area contributed by atoms with Crippen molar-refractivity contribution >= 4 is 18.0 Å². The van der Waals surface area contributed by atoms with Gasteiger partial charge in [-0.3, -0.25) is 4.79 Å². The zero-order valence-electron chi connectivity index (χ0n) is 15.7. The fourth-order valence-electron chi connectivity index (χ4n) is 2.56. The molecule has 1 heterocycles. The van der Waals surface area contributed by atoms with Gasteiger partial charge in [-0.1, -0.05) is 29.8 Å². The Hall–Kier alpha value is -4.11. The Morgan fingerprint density at radius 3 is 2.59 bits per heavy atom. The smallest absolute Gasteiger partial charge is 0.343 e. The van der Waals surface area contributed by atoms with Gasteiger partial charge in [-0.15, -0.1) is 0 Å². The van der Waals surface area contributed by atoms with Crippen molar-refractivity contribution in [2.75, 3.05) is 0 Å². The van der Waals surface area contributed by atoms with E-state index in [2.05, 4.69) is 5.32 Å². The fraction of sp³-hybridized carbons (Fsp3) is 0.0870. The van der Waals surface area contributed by atoms with Crippen molar-refractivity contribution in [1.82, 2.24) is 5.32 Å². The molecule has 0 radical (unpaired) electrons. The maximum absolute atomic E-state index is 12.2. The Balaban J connectivity index is 1.64. The van der Waals surface area contributed by atoms with Gasteiger partial charge in [-0.2, -0.15) is 5.26 Å². The normalized spacial score (nSPS) is 10.8. The molecule has 0 saturated carbocycles. The summed E-state index contributed by atoms with van der Waals surface area (Å²) >= 11 is 0. The second-order valence-electron chi connectivity index (χ2n) is 6.26. The lowest BCUT2D eigenvalue weighted by Gasteiger charge is -2.06. The van der Waals surface area contributed by atoms with Crippen LogP contribution in [0.1, 0.15) is 27.2 Å². The largest absolute Gasteiger partial charge is 0.467 e. The lowest BCUT2D eigenvalue weighted by molar-refractivity contribution is -0.117. The molecule has 3 aromatic rings. The van der Waals surface area contributed by atoms with Gasteiger partial charge in [0.15, 0.2) is 0 Å². The highest BCUT2D eigenvalue weighted by Gasteiger charge is 2.11. The summed E-state index contributed by atoms with van der Waals surface area (Å²) in [6.45, 7) is 2.09. The van der Waals surface area contributed by atoms with Crippen LogP contribution in [-0.2, 0) is 11.3 Å². The number of carbonyl (C=O) groups is 2. The predicted octanol–water partition coefficient (Wildman–Crippen LogP) is 4.03. The highest BCUT2D eigenvalue weighted by molar-refractivity contribution is 6.01. The number of ether oxygens (including phenoxy) is 1.